The summed E-state index contributed by atoms with van der Waals surface area (Å²) in [4.78, 5) is 2.47. The molecule has 2 aromatic rings. The van der Waals surface area contributed by atoms with E-state index in [0.717, 1.165) is 37.2 Å². The number of nitrogens with zero attached hydrogens (tertiary/aromatic N) is 1. The van der Waals surface area contributed by atoms with Gasteiger partial charge in [-0.2, -0.15) is 0 Å². The number of aliphatic hydroxyl groups is 1. The fraction of sp³-hybridized carbons (Fsp3) is 0.368. The molecule has 0 radical (unpaired) electrons. The molecule has 3 nitrogen and oxygen atoms in total. The van der Waals surface area contributed by atoms with Gasteiger partial charge in [0.05, 0.1) is 6.10 Å². The number of nitrogen functional groups attached to an aromatic ring is 1. The Morgan fingerprint density at radius 2 is 1.91 bits per heavy atom. The maximum absolute atomic E-state index is 10.5. The van der Waals surface area contributed by atoms with Gasteiger partial charge in [-0.1, -0.05) is 42.5 Å². The predicted octanol–water partition coefficient (Wildman–Crippen LogP) is 3.78. The summed E-state index contributed by atoms with van der Waals surface area (Å²) in [6.07, 6.45) is 2.78. The van der Waals surface area contributed by atoms with Gasteiger partial charge in [-0.3, -0.25) is 4.90 Å². The van der Waals surface area contributed by atoms with Crippen molar-refractivity contribution in [2.75, 3.05) is 12.3 Å². The number of benzene rings is 2. The molecule has 3 N–H and O–H groups in total. The molecule has 1 aliphatic rings. The van der Waals surface area contributed by atoms with Crippen LogP contribution in [0.2, 0.25) is 0 Å². The summed E-state index contributed by atoms with van der Waals surface area (Å²) in [6.45, 7) is 2.01. The number of aliphatic hydroxyl groups excluding tert-OH is 1. The van der Waals surface area contributed by atoms with Gasteiger partial charge in [-0.05, 0) is 49.1 Å². The lowest BCUT2D eigenvalue weighted by atomic mass is 10.0. The highest BCUT2D eigenvalue weighted by molar-refractivity contribution is 5.85. The molecule has 0 aromatic heterocycles. The summed E-state index contributed by atoms with van der Waals surface area (Å²) in [5.41, 5.74) is 8.95. The SMILES string of the molecule is Cl.Nc1cccc(CN2CCCC2CC(O)c2ccccc2)c1. The van der Waals surface area contributed by atoms with Crippen LogP contribution in [-0.4, -0.2) is 22.6 Å². The van der Waals surface area contributed by atoms with E-state index < -0.39 is 0 Å². The molecule has 0 spiro atoms. The van der Waals surface area contributed by atoms with Gasteiger partial charge in [-0.25, -0.2) is 0 Å². The zero-order valence-corrected chi connectivity index (χ0v) is 14.1. The molecule has 1 saturated heterocycles. The van der Waals surface area contributed by atoms with Crippen molar-refractivity contribution in [1.82, 2.24) is 4.90 Å². The van der Waals surface area contributed by atoms with Crippen LogP contribution < -0.4 is 5.73 Å². The first-order chi connectivity index (χ1) is 10.7. The van der Waals surface area contributed by atoms with Gasteiger partial charge in [0.15, 0.2) is 0 Å². The van der Waals surface area contributed by atoms with Crippen molar-refractivity contribution < 1.29 is 5.11 Å². The van der Waals surface area contributed by atoms with Crippen LogP contribution in [-0.2, 0) is 6.54 Å². The van der Waals surface area contributed by atoms with Gasteiger partial charge in [0.2, 0.25) is 0 Å². The van der Waals surface area contributed by atoms with Crippen LogP contribution >= 0.6 is 12.4 Å². The Bertz CT molecular complexity index is 605. The summed E-state index contributed by atoms with van der Waals surface area (Å²) in [5, 5.41) is 10.5. The molecule has 3 rings (SSSR count). The smallest absolute Gasteiger partial charge is 0.0805 e. The largest absolute Gasteiger partial charge is 0.399 e. The van der Waals surface area contributed by atoms with Crippen molar-refractivity contribution in [3.63, 3.8) is 0 Å². The van der Waals surface area contributed by atoms with Crippen molar-refractivity contribution in [3.05, 3.63) is 65.7 Å². The van der Waals surface area contributed by atoms with Crippen molar-refractivity contribution in [1.29, 1.82) is 0 Å². The molecule has 0 amide bonds. The second kappa shape index (κ2) is 8.34. The third-order valence-electron chi connectivity index (χ3n) is 4.52. The van der Waals surface area contributed by atoms with Crippen LogP contribution in [0.3, 0.4) is 0 Å². The maximum atomic E-state index is 10.5. The molecule has 124 valence electrons. The van der Waals surface area contributed by atoms with Gasteiger partial charge in [0, 0.05) is 18.3 Å². The highest BCUT2D eigenvalue weighted by Crippen LogP contribution is 2.28. The maximum Gasteiger partial charge on any atom is 0.0805 e. The second-order valence-corrected chi connectivity index (χ2v) is 6.17. The molecule has 23 heavy (non-hydrogen) atoms. The summed E-state index contributed by atoms with van der Waals surface area (Å²) in [7, 11) is 0. The Morgan fingerprint density at radius 1 is 1.13 bits per heavy atom. The molecule has 4 heteroatoms. The van der Waals surface area contributed by atoms with Crippen molar-refractivity contribution in [2.24, 2.45) is 0 Å². The number of anilines is 1. The topological polar surface area (TPSA) is 49.5 Å². The summed E-state index contributed by atoms with van der Waals surface area (Å²) >= 11 is 0. The van der Waals surface area contributed by atoms with E-state index in [-0.39, 0.29) is 18.5 Å². The monoisotopic (exact) mass is 332 g/mol. The first-order valence-electron chi connectivity index (χ1n) is 8.04. The zero-order valence-electron chi connectivity index (χ0n) is 13.3. The third-order valence-corrected chi connectivity index (χ3v) is 4.52. The fourth-order valence-electron chi connectivity index (χ4n) is 3.37. The van der Waals surface area contributed by atoms with Crippen LogP contribution in [0.15, 0.2) is 54.6 Å². The number of likely N-dealkylation sites (tertiary alicyclic amines) is 1. The number of hydrogen-bond acceptors (Lipinski definition) is 3. The number of halogens is 1. The van der Waals surface area contributed by atoms with E-state index in [4.69, 9.17) is 5.73 Å². The molecular formula is C19H25ClN2O. The van der Waals surface area contributed by atoms with E-state index >= 15 is 0 Å². The predicted molar refractivity (Wildman–Crippen MR) is 97.6 cm³/mol. The first kappa shape index (κ1) is 17.8. The Morgan fingerprint density at radius 3 is 2.65 bits per heavy atom. The quantitative estimate of drug-likeness (QED) is 0.819. The Hall–Kier alpha value is -1.55. The average Bonchev–Trinajstić information content (AvgIpc) is 2.95. The van der Waals surface area contributed by atoms with E-state index in [0.29, 0.717) is 6.04 Å². The molecule has 0 bridgehead atoms. The Kier molecular flexibility index (Phi) is 6.46. The lowest BCUT2D eigenvalue weighted by molar-refractivity contribution is 0.118. The molecule has 1 aliphatic heterocycles. The highest BCUT2D eigenvalue weighted by Gasteiger charge is 2.27. The highest BCUT2D eigenvalue weighted by atomic mass is 35.5. The van der Waals surface area contributed by atoms with E-state index in [1.165, 1.54) is 12.0 Å². The minimum Gasteiger partial charge on any atom is -0.399 e. The molecule has 0 saturated carbocycles. The van der Waals surface area contributed by atoms with Crippen molar-refractivity contribution in [3.8, 4) is 0 Å². The van der Waals surface area contributed by atoms with E-state index in [9.17, 15) is 5.11 Å². The minimum atomic E-state index is -0.382. The van der Waals surface area contributed by atoms with Crippen LogP contribution in [0.5, 0.6) is 0 Å². The van der Waals surface area contributed by atoms with Gasteiger partial charge in [0.25, 0.3) is 0 Å². The minimum absolute atomic E-state index is 0. The van der Waals surface area contributed by atoms with E-state index in [1.807, 2.05) is 48.5 Å². The van der Waals surface area contributed by atoms with Gasteiger partial charge in [0.1, 0.15) is 0 Å². The van der Waals surface area contributed by atoms with Crippen LogP contribution in [0.25, 0.3) is 0 Å². The van der Waals surface area contributed by atoms with E-state index in [2.05, 4.69) is 11.0 Å². The Labute approximate surface area is 144 Å². The van der Waals surface area contributed by atoms with Crippen molar-refractivity contribution in [2.45, 2.75) is 38.0 Å². The fourth-order valence-corrected chi connectivity index (χ4v) is 3.37. The van der Waals surface area contributed by atoms with Gasteiger partial charge in [-0.15, -0.1) is 12.4 Å². The number of hydrogen-bond donors (Lipinski definition) is 2. The molecule has 1 heterocycles. The van der Waals surface area contributed by atoms with Crippen LogP contribution in [0, 0.1) is 0 Å². The molecule has 2 atom stereocenters. The third kappa shape index (κ3) is 4.71. The molecule has 2 unspecified atom stereocenters. The van der Waals surface area contributed by atoms with Crippen LogP contribution in [0.4, 0.5) is 5.69 Å². The molecule has 1 fully saturated rings. The first-order valence-corrected chi connectivity index (χ1v) is 8.04. The lowest BCUT2D eigenvalue weighted by Crippen LogP contribution is -2.30. The number of nitrogens with two attached hydrogens (primary N) is 1. The molecule has 2 aromatic carbocycles. The normalized spacial score (nSPS) is 19.3. The zero-order chi connectivity index (χ0) is 15.4. The molecule has 0 aliphatic carbocycles. The van der Waals surface area contributed by atoms with Gasteiger partial charge >= 0.3 is 0 Å². The lowest BCUT2D eigenvalue weighted by Gasteiger charge is -2.26. The van der Waals surface area contributed by atoms with Gasteiger partial charge < -0.3 is 10.8 Å². The van der Waals surface area contributed by atoms with E-state index in [1.54, 1.807) is 0 Å². The summed E-state index contributed by atoms with van der Waals surface area (Å²) < 4.78 is 0. The summed E-state index contributed by atoms with van der Waals surface area (Å²) in [5.74, 6) is 0. The Balaban J connectivity index is 0.00000192. The number of rotatable bonds is 5. The standard InChI is InChI=1S/C19H24N2O.ClH/c20-17-9-4-6-15(12-17)14-21-11-5-10-18(21)13-19(22)16-7-2-1-3-8-16;/h1-4,6-9,12,18-19,22H,5,10-11,13-14,20H2;1H. The van der Waals surface area contributed by atoms with Crippen molar-refractivity contribution >= 4 is 18.1 Å². The van der Waals surface area contributed by atoms with Crippen LogP contribution in [0.1, 0.15) is 36.5 Å². The second-order valence-electron chi connectivity index (χ2n) is 6.17. The summed E-state index contributed by atoms with van der Waals surface area (Å²) in [6, 6.07) is 18.5. The average molecular weight is 333 g/mol. The molecular weight excluding hydrogens is 308 g/mol.